The van der Waals surface area contributed by atoms with Crippen LogP contribution in [0.1, 0.15) is 23.6 Å². The second-order valence-electron chi connectivity index (χ2n) is 7.96. The molecule has 11 heteroatoms. The van der Waals surface area contributed by atoms with Crippen LogP contribution in [0.4, 0.5) is 19.0 Å². The molecular weight excluding hydrogens is 471 g/mol. The van der Waals surface area contributed by atoms with Crippen LogP contribution in [-0.2, 0) is 11.0 Å². The zero-order chi connectivity index (χ0) is 25.1. The van der Waals surface area contributed by atoms with Crippen molar-refractivity contribution in [1.29, 1.82) is 0 Å². The third-order valence-electron chi connectivity index (χ3n) is 5.53. The Balaban J connectivity index is 1.36. The molecule has 4 aromatic rings. The number of aromatic nitrogens is 6. The Hall–Kier alpha value is -4.67. The van der Waals surface area contributed by atoms with Gasteiger partial charge in [-0.2, -0.15) is 18.3 Å². The highest BCUT2D eigenvalue weighted by Crippen LogP contribution is 2.34. The monoisotopic (exact) mass is 489 g/mol. The van der Waals surface area contributed by atoms with Crippen LogP contribution in [-0.4, -0.2) is 35.6 Å². The number of carbonyl (C=O) groups excluding carboxylic acids is 1. The molecule has 0 saturated heterocycles. The molecule has 1 aliphatic rings. The number of rotatable bonds is 5. The fourth-order valence-corrected chi connectivity index (χ4v) is 3.78. The number of amides is 1. The Morgan fingerprint density at radius 3 is 2.58 bits per heavy atom. The van der Waals surface area contributed by atoms with E-state index >= 15 is 0 Å². The molecule has 0 radical (unpaired) electrons. The highest BCUT2D eigenvalue weighted by atomic mass is 19.4. The smallest absolute Gasteiger partial charge is 0.307 e. The van der Waals surface area contributed by atoms with Gasteiger partial charge < -0.3 is 5.32 Å². The molecule has 4 heterocycles. The maximum atomic E-state index is 13.7. The first kappa shape index (κ1) is 23.1. The van der Waals surface area contributed by atoms with E-state index in [0.717, 1.165) is 16.3 Å². The lowest BCUT2D eigenvalue weighted by atomic mass is 9.91. The summed E-state index contributed by atoms with van der Waals surface area (Å²) >= 11 is 0. The van der Waals surface area contributed by atoms with Gasteiger partial charge in [0, 0.05) is 41.8 Å². The number of anilines is 1. The van der Waals surface area contributed by atoms with E-state index in [1.165, 1.54) is 37.1 Å². The largest absolute Gasteiger partial charge is 0.433 e. The van der Waals surface area contributed by atoms with Crippen LogP contribution in [0.2, 0.25) is 0 Å². The summed E-state index contributed by atoms with van der Waals surface area (Å²) in [7, 11) is 0. The number of hydrogen-bond acceptors (Lipinski definition) is 6. The Bertz CT molecular complexity index is 1430. The lowest BCUT2D eigenvalue weighted by molar-refractivity contribution is -0.142. The summed E-state index contributed by atoms with van der Waals surface area (Å²) in [6.45, 7) is 0. The van der Waals surface area contributed by atoms with E-state index in [1.54, 1.807) is 30.6 Å². The summed E-state index contributed by atoms with van der Waals surface area (Å²) in [6.07, 6.45) is 10.5. The summed E-state index contributed by atoms with van der Waals surface area (Å²) in [4.78, 5) is 28.9. The average Bonchev–Trinajstić information content (AvgIpc) is 3.37. The van der Waals surface area contributed by atoms with Crippen LogP contribution < -0.4 is 5.32 Å². The SMILES string of the molecule is O=C(Nc1ccc(-n2nc(-c3cccnc3)cc2C(F)(F)F)cn1)C1=CC(c2cncnc2)CC=C1. The maximum absolute atomic E-state index is 13.7. The molecule has 5 rings (SSSR count). The van der Waals surface area contributed by atoms with Crippen molar-refractivity contribution in [1.82, 2.24) is 29.7 Å². The molecule has 1 atom stereocenters. The van der Waals surface area contributed by atoms with Crippen molar-refractivity contribution in [2.45, 2.75) is 18.5 Å². The normalized spacial score (nSPS) is 15.4. The fourth-order valence-electron chi connectivity index (χ4n) is 3.78. The third kappa shape index (κ3) is 4.90. The van der Waals surface area contributed by atoms with Crippen LogP contribution in [0.5, 0.6) is 0 Å². The van der Waals surface area contributed by atoms with Crippen LogP contribution in [0.15, 0.2) is 91.4 Å². The molecule has 4 aromatic heterocycles. The Morgan fingerprint density at radius 2 is 1.89 bits per heavy atom. The van der Waals surface area contributed by atoms with Crippen LogP contribution in [0.25, 0.3) is 16.9 Å². The first-order valence-corrected chi connectivity index (χ1v) is 10.9. The number of halogens is 3. The van der Waals surface area contributed by atoms with Crippen molar-refractivity contribution in [3.05, 3.63) is 103 Å². The highest BCUT2D eigenvalue weighted by molar-refractivity contribution is 6.05. The van der Waals surface area contributed by atoms with Crippen molar-refractivity contribution in [3.63, 3.8) is 0 Å². The van der Waals surface area contributed by atoms with Crippen molar-refractivity contribution in [2.75, 3.05) is 5.32 Å². The molecule has 0 spiro atoms. The van der Waals surface area contributed by atoms with Crippen molar-refractivity contribution in [2.24, 2.45) is 0 Å². The Kier molecular flexibility index (Phi) is 6.11. The molecule has 1 N–H and O–H groups in total. The molecule has 0 aliphatic heterocycles. The van der Waals surface area contributed by atoms with Crippen molar-refractivity contribution >= 4 is 11.7 Å². The summed E-state index contributed by atoms with van der Waals surface area (Å²) in [6, 6.07) is 7.04. The Morgan fingerprint density at radius 1 is 1.06 bits per heavy atom. The van der Waals surface area contributed by atoms with E-state index < -0.39 is 11.9 Å². The molecule has 0 bridgehead atoms. The van der Waals surface area contributed by atoms with Gasteiger partial charge in [-0.25, -0.2) is 19.6 Å². The van der Waals surface area contributed by atoms with Gasteiger partial charge in [-0.15, -0.1) is 0 Å². The number of pyridine rings is 2. The number of nitrogens with one attached hydrogen (secondary N) is 1. The first-order valence-electron chi connectivity index (χ1n) is 10.9. The van der Waals surface area contributed by atoms with E-state index in [1.807, 2.05) is 12.2 Å². The average molecular weight is 489 g/mol. The maximum Gasteiger partial charge on any atom is 0.433 e. The summed E-state index contributed by atoms with van der Waals surface area (Å²) in [5.41, 5.74) is 1.05. The molecule has 180 valence electrons. The fraction of sp³-hybridized carbons (Fsp3) is 0.120. The minimum atomic E-state index is -4.64. The van der Waals surface area contributed by atoms with Gasteiger partial charge in [-0.05, 0) is 42.3 Å². The number of alkyl halides is 3. The van der Waals surface area contributed by atoms with Gasteiger partial charge in [-0.3, -0.25) is 9.78 Å². The van der Waals surface area contributed by atoms with Crippen molar-refractivity contribution in [3.8, 4) is 16.9 Å². The number of hydrogen-bond donors (Lipinski definition) is 1. The molecule has 1 unspecified atom stereocenters. The molecule has 1 aliphatic carbocycles. The molecule has 0 saturated carbocycles. The summed E-state index contributed by atoms with van der Waals surface area (Å²) < 4.78 is 41.9. The van der Waals surface area contributed by atoms with Gasteiger partial charge >= 0.3 is 6.18 Å². The summed E-state index contributed by atoms with van der Waals surface area (Å²) in [5, 5.41) is 6.80. The van der Waals surface area contributed by atoms with Crippen molar-refractivity contribution < 1.29 is 18.0 Å². The van der Waals surface area contributed by atoms with Gasteiger partial charge in [-0.1, -0.05) is 18.2 Å². The van der Waals surface area contributed by atoms with Crippen LogP contribution in [0.3, 0.4) is 0 Å². The van der Waals surface area contributed by atoms with E-state index in [4.69, 9.17) is 0 Å². The van der Waals surface area contributed by atoms with Crippen LogP contribution in [0, 0.1) is 0 Å². The van der Waals surface area contributed by atoms with E-state index in [0.29, 0.717) is 17.6 Å². The minimum absolute atomic E-state index is 0.0399. The zero-order valence-corrected chi connectivity index (χ0v) is 18.6. The molecular formula is C25H18F3N7O. The van der Waals surface area contributed by atoms with Gasteiger partial charge in [0.05, 0.1) is 17.6 Å². The topological polar surface area (TPSA) is 98.5 Å². The summed E-state index contributed by atoms with van der Waals surface area (Å²) in [5.74, 6) is -0.236. The molecule has 0 fully saturated rings. The highest BCUT2D eigenvalue weighted by Gasteiger charge is 2.36. The third-order valence-corrected chi connectivity index (χ3v) is 5.53. The zero-order valence-electron chi connectivity index (χ0n) is 18.6. The Labute approximate surface area is 203 Å². The predicted molar refractivity (Wildman–Crippen MR) is 125 cm³/mol. The lowest BCUT2D eigenvalue weighted by Crippen LogP contribution is -2.17. The van der Waals surface area contributed by atoms with Gasteiger partial charge in [0.2, 0.25) is 0 Å². The van der Waals surface area contributed by atoms with E-state index in [-0.39, 0.29) is 29.0 Å². The second-order valence-corrected chi connectivity index (χ2v) is 7.96. The lowest BCUT2D eigenvalue weighted by Gasteiger charge is -2.16. The predicted octanol–water partition coefficient (Wildman–Crippen LogP) is 4.75. The van der Waals surface area contributed by atoms with Crippen LogP contribution >= 0.6 is 0 Å². The van der Waals surface area contributed by atoms with E-state index in [9.17, 15) is 18.0 Å². The molecule has 0 aromatic carbocycles. The molecule has 8 nitrogen and oxygen atoms in total. The van der Waals surface area contributed by atoms with Gasteiger partial charge in [0.1, 0.15) is 17.8 Å². The second kappa shape index (κ2) is 9.53. The number of allylic oxidation sites excluding steroid dienone is 2. The van der Waals surface area contributed by atoms with E-state index in [2.05, 4.69) is 30.4 Å². The first-order chi connectivity index (χ1) is 17.4. The number of carbonyl (C=O) groups is 1. The quantitative estimate of drug-likeness (QED) is 0.435. The van der Waals surface area contributed by atoms with Gasteiger partial charge in [0.25, 0.3) is 5.91 Å². The molecule has 36 heavy (non-hydrogen) atoms. The number of nitrogens with zero attached hydrogens (tertiary/aromatic N) is 6. The molecule has 1 amide bonds. The van der Waals surface area contributed by atoms with Gasteiger partial charge in [0.15, 0.2) is 0 Å². The standard InChI is InChI=1S/C25H18F3N7O/c26-25(27,28)22-10-21(18-5-2-8-29-11-18)34-35(22)20-6-7-23(32-14-20)33-24(36)17-4-1-3-16(9-17)19-12-30-15-31-13-19/h1-2,4-16H,3H2,(H,32,33,36). The minimum Gasteiger partial charge on any atom is -0.307 e.